The summed E-state index contributed by atoms with van der Waals surface area (Å²) in [7, 11) is 0. The summed E-state index contributed by atoms with van der Waals surface area (Å²) in [6, 6.07) is 0. The van der Waals surface area contributed by atoms with E-state index < -0.39 is 0 Å². The SMILES string of the molecule is CCOC#CC(C)CC. The first-order chi connectivity index (χ1) is 4.31. The Morgan fingerprint density at radius 2 is 2.11 bits per heavy atom. The molecule has 1 unspecified atom stereocenters. The second kappa shape index (κ2) is 5.50. The maximum atomic E-state index is 4.84. The Bertz CT molecular complexity index is 107. The van der Waals surface area contributed by atoms with Crippen molar-refractivity contribution in [3.05, 3.63) is 0 Å². The molecule has 0 aliphatic rings. The fraction of sp³-hybridized carbons (Fsp3) is 0.750. The summed E-state index contributed by atoms with van der Waals surface area (Å²) in [5, 5.41) is 0. The van der Waals surface area contributed by atoms with Crippen LogP contribution in [0, 0.1) is 17.9 Å². The maximum Gasteiger partial charge on any atom is 0.110 e. The lowest BCUT2D eigenvalue weighted by Gasteiger charge is -1.93. The summed E-state index contributed by atoms with van der Waals surface area (Å²) < 4.78 is 4.84. The molecular weight excluding hydrogens is 112 g/mol. The molecule has 0 aromatic rings. The molecule has 0 radical (unpaired) electrons. The van der Waals surface area contributed by atoms with E-state index >= 15 is 0 Å². The first-order valence-electron chi connectivity index (χ1n) is 3.43. The van der Waals surface area contributed by atoms with E-state index in [2.05, 4.69) is 25.9 Å². The van der Waals surface area contributed by atoms with Gasteiger partial charge in [-0.1, -0.05) is 19.8 Å². The minimum atomic E-state index is 0.469. The molecule has 0 aromatic carbocycles. The van der Waals surface area contributed by atoms with Gasteiger partial charge in [0.1, 0.15) is 6.11 Å². The van der Waals surface area contributed by atoms with E-state index in [4.69, 9.17) is 4.74 Å². The summed E-state index contributed by atoms with van der Waals surface area (Å²) in [5.41, 5.74) is 0. The number of hydrogen-bond acceptors (Lipinski definition) is 1. The smallest absolute Gasteiger partial charge is 0.110 e. The molecule has 0 aromatic heterocycles. The van der Waals surface area contributed by atoms with E-state index in [0.717, 1.165) is 6.42 Å². The number of ether oxygens (including phenoxy) is 1. The Labute approximate surface area is 57.4 Å². The molecule has 0 rings (SSSR count). The zero-order chi connectivity index (χ0) is 7.11. The zero-order valence-corrected chi connectivity index (χ0v) is 6.40. The third-order valence-electron chi connectivity index (χ3n) is 1.13. The molecule has 0 saturated carbocycles. The van der Waals surface area contributed by atoms with Gasteiger partial charge in [0.25, 0.3) is 0 Å². The van der Waals surface area contributed by atoms with E-state index in [9.17, 15) is 0 Å². The van der Waals surface area contributed by atoms with Gasteiger partial charge in [-0.05, 0) is 13.3 Å². The molecule has 1 heteroatoms. The van der Waals surface area contributed by atoms with Crippen molar-refractivity contribution in [3.8, 4) is 12.0 Å². The van der Waals surface area contributed by atoms with Crippen molar-refractivity contribution in [2.24, 2.45) is 5.92 Å². The molecule has 52 valence electrons. The molecular formula is C8H14O. The highest BCUT2D eigenvalue weighted by atomic mass is 16.5. The minimum absolute atomic E-state index is 0.469. The summed E-state index contributed by atoms with van der Waals surface area (Å²) in [6.45, 7) is 6.83. The molecule has 0 spiro atoms. The minimum Gasteiger partial charge on any atom is -0.447 e. The van der Waals surface area contributed by atoms with Gasteiger partial charge in [0.05, 0.1) is 6.61 Å². The third-order valence-corrected chi connectivity index (χ3v) is 1.13. The second-order valence-corrected chi connectivity index (χ2v) is 1.99. The van der Waals surface area contributed by atoms with Gasteiger partial charge in [0.15, 0.2) is 0 Å². The van der Waals surface area contributed by atoms with Gasteiger partial charge in [-0.2, -0.15) is 0 Å². The maximum absolute atomic E-state index is 4.84. The Balaban J connectivity index is 3.33. The molecule has 9 heavy (non-hydrogen) atoms. The van der Waals surface area contributed by atoms with Gasteiger partial charge >= 0.3 is 0 Å². The van der Waals surface area contributed by atoms with Gasteiger partial charge in [-0.3, -0.25) is 0 Å². The van der Waals surface area contributed by atoms with E-state index in [1.807, 2.05) is 6.92 Å². The van der Waals surface area contributed by atoms with E-state index in [1.165, 1.54) is 0 Å². The predicted molar refractivity (Wildman–Crippen MR) is 38.9 cm³/mol. The van der Waals surface area contributed by atoms with Crippen molar-refractivity contribution in [2.75, 3.05) is 6.61 Å². The van der Waals surface area contributed by atoms with Crippen LogP contribution in [0.4, 0.5) is 0 Å². The summed E-state index contributed by atoms with van der Waals surface area (Å²) in [4.78, 5) is 0. The van der Waals surface area contributed by atoms with Crippen LogP contribution in [0.15, 0.2) is 0 Å². The van der Waals surface area contributed by atoms with E-state index in [-0.39, 0.29) is 0 Å². The highest BCUT2D eigenvalue weighted by Crippen LogP contribution is 1.95. The molecule has 0 saturated heterocycles. The lowest BCUT2D eigenvalue weighted by Crippen LogP contribution is -1.86. The van der Waals surface area contributed by atoms with Gasteiger partial charge in [0.2, 0.25) is 0 Å². The zero-order valence-electron chi connectivity index (χ0n) is 6.40. The fourth-order valence-electron chi connectivity index (χ4n) is 0.316. The molecule has 0 amide bonds. The predicted octanol–water partition coefficient (Wildman–Crippen LogP) is 2.03. The Hall–Kier alpha value is -0.640. The average molecular weight is 126 g/mol. The summed E-state index contributed by atoms with van der Waals surface area (Å²) >= 11 is 0. The quantitative estimate of drug-likeness (QED) is 0.514. The van der Waals surface area contributed by atoms with Crippen molar-refractivity contribution in [3.63, 3.8) is 0 Å². The topological polar surface area (TPSA) is 9.23 Å². The van der Waals surface area contributed by atoms with Crippen LogP contribution >= 0.6 is 0 Å². The Morgan fingerprint density at radius 1 is 1.44 bits per heavy atom. The van der Waals surface area contributed by atoms with Gasteiger partial charge < -0.3 is 4.74 Å². The number of hydrogen-bond donors (Lipinski definition) is 0. The standard InChI is InChI=1S/C8H14O/c1-4-8(3)6-7-9-5-2/h8H,4-5H2,1-3H3. The molecule has 0 heterocycles. The molecule has 0 fully saturated rings. The lowest BCUT2D eigenvalue weighted by molar-refractivity contribution is 0.298. The summed E-state index contributed by atoms with van der Waals surface area (Å²) in [6.07, 6.45) is 3.73. The van der Waals surface area contributed by atoms with Crippen LogP contribution in [0.2, 0.25) is 0 Å². The van der Waals surface area contributed by atoms with Crippen LogP contribution in [0.5, 0.6) is 0 Å². The fourth-order valence-corrected chi connectivity index (χ4v) is 0.316. The van der Waals surface area contributed by atoms with Gasteiger partial charge in [-0.25, -0.2) is 0 Å². The summed E-state index contributed by atoms with van der Waals surface area (Å²) in [5.74, 6) is 3.43. The van der Waals surface area contributed by atoms with Crippen LogP contribution in [0.25, 0.3) is 0 Å². The molecule has 0 aliphatic heterocycles. The largest absolute Gasteiger partial charge is 0.447 e. The van der Waals surface area contributed by atoms with Crippen molar-refractivity contribution in [1.82, 2.24) is 0 Å². The Kier molecular flexibility index (Phi) is 5.11. The third kappa shape index (κ3) is 5.23. The van der Waals surface area contributed by atoms with Crippen LogP contribution in [-0.4, -0.2) is 6.61 Å². The molecule has 0 N–H and O–H groups in total. The van der Waals surface area contributed by atoms with E-state index in [1.54, 1.807) is 0 Å². The van der Waals surface area contributed by atoms with Crippen molar-refractivity contribution >= 4 is 0 Å². The van der Waals surface area contributed by atoms with Crippen molar-refractivity contribution in [1.29, 1.82) is 0 Å². The van der Waals surface area contributed by atoms with Crippen LogP contribution in [0.3, 0.4) is 0 Å². The molecule has 1 nitrogen and oxygen atoms in total. The Morgan fingerprint density at radius 3 is 2.56 bits per heavy atom. The van der Waals surface area contributed by atoms with Gasteiger partial charge in [0, 0.05) is 5.92 Å². The van der Waals surface area contributed by atoms with E-state index in [0.29, 0.717) is 12.5 Å². The number of rotatable bonds is 2. The normalized spacial score (nSPS) is 11.4. The van der Waals surface area contributed by atoms with Crippen LogP contribution in [0.1, 0.15) is 27.2 Å². The monoisotopic (exact) mass is 126 g/mol. The second-order valence-electron chi connectivity index (χ2n) is 1.99. The first kappa shape index (κ1) is 8.36. The van der Waals surface area contributed by atoms with Crippen molar-refractivity contribution in [2.45, 2.75) is 27.2 Å². The lowest BCUT2D eigenvalue weighted by atomic mass is 10.1. The average Bonchev–Trinajstić information content (AvgIpc) is 1.89. The van der Waals surface area contributed by atoms with Crippen LogP contribution in [-0.2, 0) is 4.74 Å². The highest BCUT2D eigenvalue weighted by Gasteiger charge is 1.88. The first-order valence-corrected chi connectivity index (χ1v) is 3.43. The van der Waals surface area contributed by atoms with Crippen LogP contribution < -0.4 is 0 Å². The highest BCUT2D eigenvalue weighted by molar-refractivity contribution is 4.95. The van der Waals surface area contributed by atoms with Crippen molar-refractivity contribution < 1.29 is 4.74 Å². The molecule has 0 bridgehead atoms. The molecule has 0 aliphatic carbocycles. The van der Waals surface area contributed by atoms with Gasteiger partial charge in [-0.15, -0.1) is 0 Å². The molecule has 1 atom stereocenters.